The Hall–Kier alpha value is -1.45. The second kappa shape index (κ2) is 11.4. The summed E-state index contributed by atoms with van der Waals surface area (Å²) in [6, 6.07) is 0. The maximum Gasteiger partial charge on any atom is 0.336 e. The summed E-state index contributed by atoms with van der Waals surface area (Å²) in [5.74, 6) is -0.820. The molecule has 0 aromatic heterocycles. The van der Waals surface area contributed by atoms with E-state index in [1.54, 1.807) is 19.1 Å². The van der Waals surface area contributed by atoms with Crippen LogP contribution in [0.25, 0.3) is 0 Å². The van der Waals surface area contributed by atoms with Crippen molar-refractivity contribution >= 4 is 5.97 Å². The lowest BCUT2D eigenvalue weighted by molar-refractivity contribution is -0.326. The molecule has 12 nitrogen and oxygen atoms in total. The van der Waals surface area contributed by atoms with Crippen LogP contribution in [-0.4, -0.2) is 116 Å². The highest BCUT2D eigenvalue weighted by atomic mass is 16.7. The average Bonchev–Trinajstić information content (AvgIpc) is 2.76. The summed E-state index contributed by atoms with van der Waals surface area (Å²) >= 11 is 0. The van der Waals surface area contributed by atoms with Crippen LogP contribution in [0.3, 0.4) is 0 Å². The maximum absolute atomic E-state index is 12.1. The van der Waals surface area contributed by atoms with E-state index in [0.29, 0.717) is 0 Å². The number of carbonyl (C=O) groups excluding carboxylic acids is 1. The molecule has 2 aliphatic rings. The Morgan fingerprint density at radius 3 is 2.00 bits per heavy atom. The van der Waals surface area contributed by atoms with Gasteiger partial charge in [0.1, 0.15) is 48.8 Å². The molecule has 2 heterocycles. The molecule has 0 bridgehead atoms. The normalized spacial score (nSPS) is 42.0. The molecule has 31 heavy (non-hydrogen) atoms. The first-order chi connectivity index (χ1) is 14.6. The average molecular weight is 450 g/mol. The van der Waals surface area contributed by atoms with Crippen LogP contribution in [-0.2, 0) is 23.7 Å². The van der Waals surface area contributed by atoms with Crippen LogP contribution < -0.4 is 0 Å². The molecule has 0 aromatic rings. The number of rotatable bonds is 7. The van der Waals surface area contributed by atoms with E-state index in [9.17, 15) is 40.5 Å². The number of aliphatic hydroxyl groups excluding tert-OH is 7. The van der Waals surface area contributed by atoms with Crippen molar-refractivity contribution in [3.05, 3.63) is 23.8 Å². The smallest absolute Gasteiger partial charge is 0.336 e. The molecule has 2 aliphatic heterocycles. The van der Waals surface area contributed by atoms with Gasteiger partial charge in [-0.1, -0.05) is 18.2 Å². The zero-order chi connectivity index (χ0) is 23.3. The number of aliphatic hydroxyl groups is 7. The molecule has 178 valence electrons. The zero-order valence-corrected chi connectivity index (χ0v) is 17.1. The Morgan fingerprint density at radius 1 is 0.871 bits per heavy atom. The lowest BCUT2D eigenvalue weighted by Gasteiger charge is -2.42. The van der Waals surface area contributed by atoms with Crippen molar-refractivity contribution in [3.63, 3.8) is 0 Å². The zero-order valence-electron chi connectivity index (χ0n) is 17.1. The minimum Gasteiger partial charge on any atom is -0.429 e. The summed E-state index contributed by atoms with van der Waals surface area (Å²) < 4.78 is 20.9. The first kappa shape index (κ1) is 25.8. The van der Waals surface area contributed by atoms with E-state index < -0.39 is 80.6 Å². The van der Waals surface area contributed by atoms with Gasteiger partial charge in [0.15, 0.2) is 6.29 Å². The fourth-order valence-electron chi connectivity index (χ4n) is 3.05. The Morgan fingerprint density at radius 2 is 1.42 bits per heavy atom. The SMILES string of the molecule is C/C=C/C=C(\C)C(=O)O[C@@H]1OC(CO[C@@H]2OC(CO)[C@@H](O)[C@H](O)C2O)[C@@H](O)[C@H](O)C1O. The van der Waals surface area contributed by atoms with Crippen LogP contribution in [0.4, 0.5) is 0 Å². The first-order valence-corrected chi connectivity index (χ1v) is 9.74. The lowest BCUT2D eigenvalue weighted by Crippen LogP contribution is -2.61. The number of ether oxygens (including phenoxy) is 4. The van der Waals surface area contributed by atoms with Gasteiger partial charge in [-0.2, -0.15) is 0 Å². The Balaban J connectivity index is 2.02. The maximum atomic E-state index is 12.1. The van der Waals surface area contributed by atoms with Gasteiger partial charge in [-0.3, -0.25) is 0 Å². The van der Waals surface area contributed by atoms with Gasteiger partial charge in [-0.05, 0) is 13.8 Å². The van der Waals surface area contributed by atoms with Gasteiger partial charge in [0.05, 0.1) is 13.2 Å². The van der Waals surface area contributed by atoms with Crippen molar-refractivity contribution in [2.24, 2.45) is 0 Å². The molecular formula is C19H30O12. The molecule has 12 heteroatoms. The number of carbonyl (C=O) groups is 1. The molecule has 7 N–H and O–H groups in total. The van der Waals surface area contributed by atoms with Crippen LogP contribution in [0.1, 0.15) is 13.8 Å². The molecule has 0 radical (unpaired) electrons. The fraction of sp³-hybridized carbons (Fsp3) is 0.737. The van der Waals surface area contributed by atoms with Crippen molar-refractivity contribution in [2.75, 3.05) is 13.2 Å². The summed E-state index contributed by atoms with van der Waals surface area (Å²) in [6.07, 6.45) is -10.9. The highest BCUT2D eigenvalue weighted by Crippen LogP contribution is 2.26. The van der Waals surface area contributed by atoms with E-state index in [2.05, 4.69) is 0 Å². The summed E-state index contributed by atoms with van der Waals surface area (Å²) in [5.41, 5.74) is 0.198. The van der Waals surface area contributed by atoms with Gasteiger partial charge in [0, 0.05) is 5.57 Å². The molecule has 2 fully saturated rings. The van der Waals surface area contributed by atoms with E-state index in [0.717, 1.165) is 0 Å². The molecule has 0 saturated carbocycles. The molecule has 4 unspecified atom stereocenters. The minimum absolute atomic E-state index is 0.198. The Kier molecular flexibility index (Phi) is 9.51. The molecule has 0 aromatic carbocycles. The molecule has 0 spiro atoms. The van der Waals surface area contributed by atoms with Gasteiger partial charge in [-0.25, -0.2) is 4.79 Å². The van der Waals surface area contributed by atoms with Crippen molar-refractivity contribution in [1.82, 2.24) is 0 Å². The van der Waals surface area contributed by atoms with Crippen LogP contribution in [0.2, 0.25) is 0 Å². The summed E-state index contributed by atoms with van der Waals surface area (Å²) in [4.78, 5) is 12.1. The fourth-order valence-corrected chi connectivity index (χ4v) is 3.05. The molecule has 2 rings (SSSR count). The molecule has 0 amide bonds. The Bertz CT molecular complexity index is 650. The van der Waals surface area contributed by atoms with E-state index in [1.807, 2.05) is 0 Å². The van der Waals surface area contributed by atoms with Crippen molar-refractivity contribution in [2.45, 2.75) is 75.3 Å². The van der Waals surface area contributed by atoms with Crippen LogP contribution in [0.5, 0.6) is 0 Å². The standard InChI is InChI=1S/C19H30O12/c1-3-4-5-8(2)17(27)31-19-16(26)14(24)12(22)10(30-19)7-28-18-15(25)13(23)11(21)9(6-20)29-18/h3-5,9-16,18-26H,6-7H2,1-2H3/b4-3+,8-5+/t9?,10?,11-,12-,13+,14+,15?,16?,18-,19+/m1/s1. The predicted octanol–water partition coefficient (Wildman–Crippen LogP) is -3.32. The monoisotopic (exact) mass is 450 g/mol. The second-order valence-corrected chi connectivity index (χ2v) is 7.33. The quantitative estimate of drug-likeness (QED) is 0.116. The summed E-state index contributed by atoms with van der Waals surface area (Å²) in [5, 5.41) is 69.1. The van der Waals surface area contributed by atoms with Crippen LogP contribution in [0.15, 0.2) is 23.8 Å². The number of esters is 1. The minimum atomic E-state index is -1.74. The molecule has 2 saturated heterocycles. The summed E-state index contributed by atoms with van der Waals surface area (Å²) in [6.45, 7) is 2.05. The lowest BCUT2D eigenvalue weighted by atomic mass is 9.98. The highest BCUT2D eigenvalue weighted by Gasteiger charge is 2.48. The number of hydrogen-bond acceptors (Lipinski definition) is 12. The summed E-state index contributed by atoms with van der Waals surface area (Å²) in [7, 11) is 0. The third-order valence-corrected chi connectivity index (χ3v) is 5.03. The van der Waals surface area contributed by atoms with E-state index in [1.165, 1.54) is 13.0 Å². The van der Waals surface area contributed by atoms with Gasteiger partial charge >= 0.3 is 5.97 Å². The first-order valence-electron chi connectivity index (χ1n) is 9.74. The largest absolute Gasteiger partial charge is 0.429 e. The predicted molar refractivity (Wildman–Crippen MR) is 101 cm³/mol. The van der Waals surface area contributed by atoms with E-state index in [-0.39, 0.29) is 5.57 Å². The van der Waals surface area contributed by atoms with Crippen molar-refractivity contribution in [1.29, 1.82) is 0 Å². The third-order valence-electron chi connectivity index (χ3n) is 5.03. The van der Waals surface area contributed by atoms with Gasteiger partial charge < -0.3 is 54.7 Å². The molecule has 0 aliphatic carbocycles. The van der Waals surface area contributed by atoms with Gasteiger partial charge in [-0.15, -0.1) is 0 Å². The molecular weight excluding hydrogens is 420 g/mol. The van der Waals surface area contributed by atoms with Crippen molar-refractivity contribution < 1.29 is 59.5 Å². The van der Waals surface area contributed by atoms with Gasteiger partial charge in [0.25, 0.3) is 0 Å². The third kappa shape index (κ3) is 6.08. The number of allylic oxidation sites excluding steroid dienone is 3. The molecule has 10 atom stereocenters. The highest BCUT2D eigenvalue weighted by molar-refractivity contribution is 5.88. The topological polar surface area (TPSA) is 196 Å². The number of hydrogen-bond donors (Lipinski definition) is 7. The van der Waals surface area contributed by atoms with Crippen LogP contribution >= 0.6 is 0 Å². The van der Waals surface area contributed by atoms with Gasteiger partial charge in [0.2, 0.25) is 6.29 Å². The Labute approximate surface area is 178 Å². The van der Waals surface area contributed by atoms with Crippen molar-refractivity contribution in [3.8, 4) is 0 Å². The van der Waals surface area contributed by atoms with Crippen LogP contribution in [0, 0.1) is 0 Å². The van der Waals surface area contributed by atoms with E-state index in [4.69, 9.17) is 18.9 Å². The van der Waals surface area contributed by atoms with E-state index >= 15 is 0 Å². The second-order valence-electron chi connectivity index (χ2n) is 7.33.